The van der Waals surface area contributed by atoms with Gasteiger partial charge in [-0.3, -0.25) is 19.8 Å². The SMILES string of the molecule is Cc1ccc2[nH]ncc2c1-c1cc2c(cc1Cl)N(CC1CN(C(=O)OC(C)(C)C)C1)C(=O)[C@H](CCN(C)C)O2.Cc1ccc2[nH]ncc2c1-c1cc2c(cc1Cl)N(CC1CNC1)C(=O)[C@H](CCN(C)C)O2. The van der Waals surface area contributed by atoms with Crippen LogP contribution in [0.4, 0.5) is 16.2 Å². The maximum Gasteiger partial charge on any atom is 0.410 e. The zero-order valence-electron chi connectivity index (χ0n) is 42.0. The quantitative estimate of drug-likeness (QED) is 0.108. The summed E-state index contributed by atoms with van der Waals surface area (Å²) in [7, 11) is 7.96. The maximum absolute atomic E-state index is 13.7. The van der Waals surface area contributed by atoms with E-state index >= 15 is 0 Å². The number of halogens is 2. The van der Waals surface area contributed by atoms with Crippen LogP contribution in [0.15, 0.2) is 60.9 Å². The van der Waals surface area contributed by atoms with Gasteiger partial charge in [-0.1, -0.05) is 35.3 Å². The van der Waals surface area contributed by atoms with Gasteiger partial charge in [0.15, 0.2) is 12.2 Å². The molecule has 4 aliphatic rings. The highest BCUT2D eigenvalue weighted by molar-refractivity contribution is 6.35. The Morgan fingerprint density at radius 1 is 0.718 bits per heavy atom. The molecule has 2 saturated heterocycles. The molecule has 3 N–H and O–H groups in total. The first kappa shape index (κ1) is 50.0. The van der Waals surface area contributed by atoms with Crippen LogP contribution in [0.25, 0.3) is 44.1 Å². The Balaban J connectivity index is 0.000000179. The molecule has 2 aromatic heterocycles. The number of aryl methyl sites for hydroxylation is 2. The Labute approximate surface area is 424 Å². The van der Waals surface area contributed by atoms with Gasteiger partial charge >= 0.3 is 6.09 Å². The summed E-state index contributed by atoms with van der Waals surface area (Å²) in [5, 5.41) is 20.9. The van der Waals surface area contributed by atoms with Crippen LogP contribution in [0.1, 0.15) is 44.7 Å². The fourth-order valence-electron chi connectivity index (χ4n) is 9.69. The number of carbonyl (C=O) groups excluding carboxylic acids is 3. The van der Waals surface area contributed by atoms with Crippen molar-refractivity contribution in [1.82, 2.24) is 40.4 Å². The highest BCUT2D eigenvalue weighted by Crippen LogP contribution is 2.47. The molecular formula is C53H64Cl2N10O6. The molecule has 2 fully saturated rings. The number of aromatic amines is 2. The molecule has 0 aliphatic carbocycles. The third-order valence-electron chi connectivity index (χ3n) is 13.5. The first-order valence-corrected chi connectivity index (χ1v) is 25.1. The van der Waals surface area contributed by atoms with Crippen molar-refractivity contribution < 1.29 is 28.6 Å². The molecule has 18 heteroatoms. The number of ether oxygens (including phenoxy) is 3. The molecule has 10 rings (SSSR count). The molecule has 6 heterocycles. The van der Waals surface area contributed by atoms with Gasteiger partial charge in [-0.05, 0) is 121 Å². The summed E-state index contributed by atoms with van der Waals surface area (Å²) in [6, 6.07) is 15.8. The van der Waals surface area contributed by atoms with E-state index in [1.165, 1.54) is 0 Å². The van der Waals surface area contributed by atoms with Gasteiger partial charge in [-0.25, -0.2) is 4.79 Å². The minimum Gasteiger partial charge on any atom is -0.478 e. The smallest absolute Gasteiger partial charge is 0.410 e. The zero-order chi connectivity index (χ0) is 50.5. The van der Waals surface area contributed by atoms with Crippen molar-refractivity contribution in [2.24, 2.45) is 11.8 Å². The molecule has 6 aromatic rings. The van der Waals surface area contributed by atoms with Crippen LogP contribution in [-0.2, 0) is 14.3 Å². The molecule has 4 aromatic carbocycles. The summed E-state index contributed by atoms with van der Waals surface area (Å²) in [6.07, 6.45) is 3.39. The number of aromatic nitrogens is 4. The summed E-state index contributed by atoms with van der Waals surface area (Å²) in [5.41, 5.74) is 8.65. The molecule has 0 radical (unpaired) electrons. The molecule has 4 aliphatic heterocycles. The number of nitrogens with one attached hydrogen (secondary N) is 3. The Morgan fingerprint density at radius 2 is 1.17 bits per heavy atom. The topological polar surface area (TPSA) is 164 Å². The number of fused-ring (bicyclic) bond motifs is 4. The summed E-state index contributed by atoms with van der Waals surface area (Å²) < 4.78 is 18.1. The fraction of sp³-hybridized carbons (Fsp3) is 0.453. The van der Waals surface area contributed by atoms with E-state index in [0.29, 0.717) is 78.7 Å². The zero-order valence-corrected chi connectivity index (χ0v) is 43.5. The second-order valence-electron chi connectivity index (χ2n) is 20.8. The molecule has 376 valence electrons. The fourth-order valence-corrected chi connectivity index (χ4v) is 10.2. The average molecular weight is 1010 g/mol. The number of hydrogen-bond donors (Lipinski definition) is 3. The van der Waals surface area contributed by atoms with Gasteiger partial charge in [0.1, 0.15) is 17.1 Å². The van der Waals surface area contributed by atoms with E-state index < -0.39 is 17.8 Å². The van der Waals surface area contributed by atoms with Gasteiger partial charge in [0, 0.05) is 98.9 Å². The Bertz CT molecular complexity index is 2970. The Morgan fingerprint density at radius 3 is 1.58 bits per heavy atom. The first-order valence-electron chi connectivity index (χ1n) is 24.3. The molecule has 0 saturated carbocycles. The Kier molecular flexibility index (Phi) is 14.3. The minimum absolute atomic E-state index is 0.0168. The third-order valence-corrected chi connectivity index (χ3v) is 14.2. The second kappa shape index (κ2) is 20.3. The minimum atomic E-state index is -0.609. The highest BCUT2D eigenvalue weighted by Gasteiger charge is 2.41. The summed E-state index contributed by atoms with van der Waals surface area (Å²) >= 11 is 13.7. The van der Waals surface area contributed by atoms with Gasteiger partial charge in [0.25, 0.3) is 11.8 Å². The van der Waals surface area contributed by atoms with Gasteiger partial charge in [-0.2, -0.15) is 10.2 Å². The normalized spacial score (nSPS) is 18.2. The summed E-state index contributed by atoms with van der Waals surface area (Å²) in [6.45, 7) is 15.2. The molecular weight excluding hydrogens is 944 g/mol. The molecule has 2 atom stereocenters. The number of nitrogens with zero attached hydrogens (tertiary/aromatic N) is 7. The molecule has 3 amide bonds. The molecule has 0 bridgehead atoms. The lowest BCUT2D eigenvalue weighted by atomic mass is 9.95. The van der Waals surface area contributed by atoms with E-state index in [9.17, 15) is 14.4 Å². The monoisotopic (exact) mass is 1010 g/mol. The number of benzene rings is 4. The lowest BCUT2D eigenvalue weighted by Crippen LogP contribution is -2.57. The van der Waals surface area contributed by atoms with E-state index in [4.69, 9.17) is 37.4 Å². The van der Waals surface area contributed by atoms with Crippen molar-refractivity contribution in [3.05, 3.63) is 82.1 Å². The molecule has 0 spiro atoms. The maximum atomic E-state index is 13.7. The standard InChI is InChI=1S/C29H36ClN5O4.C24H28ClN5O2/c1-17-7-8-22-20(13-31-32-22)26(17)19-11-25-23(12-21(19)30)35(27(36)24(38-25)9-10-33(5)6)16-18-14-34(15-18)28(37)39-29(2,3)4;1-14-4-5-19-17(12-27-28-19)23(14)16-8-22-20(9-18(16)25)30(13-15-10-26-11-15)24(31)21(32-22)6-7-29(2)3/h7-8,11-13,18,24H,9-10,14-16H2,1-6H3,(H,31,32);4-5,8-9,12,15,21,26H,6-7,10-11,13H2,1-3H3,(H,27,28)/t24-;21-/m00/s1. The number of anilines is 2. The van der Waals surface area contributed by atoms with E-state index in [2.05, 4.69) is 43.6 Å². The number of rotatable bonds is 12. The van der Waals surface area contributed by atoms with Crippen molar-refractivity contribution in [2.45, 2.75) is 65.3 Å². The number of likely N-dealkylation sites (tertiary alicyclic amines) is 1. The van der Waals surface area contributed by atoms with Gasteiger partial charge in [-0.15, -0.1) is 0 Å². The van der Waals surface area contributed by atoms with Crippen LogP contribution in [0, 0.1) is 25.7 Å². The van der Waals surface area contributed by atoms with Crippen LogP contribution < -0.4 is 24.6 Å². The predicted molar refractivity (Wildman–Crippen MR) is 280 cm³/mol. The van der Waals surface area contributed by atoms with Crippen molar-refractivity contribution in [3.8, 4) is 33.8 Å². The number of H-pyrrole nitrogens is 2. The van der Waals surface area contributed by atoms with Crippen molar-refractivity contribution >= 4 is 74.3 Å². The van der Waals surface area contributed by atoms with Crippen molar-refractivity contribution in [2.75, 3.05) is 90.3 Å². The van der Waals surface area contributed by atoms with Gasteiger partial charge < -0.3 is 44.0 Å². The number of hydrogen-bond acceptors (Lipinski definition) is 11. The van der Waals surface area contributed by atoms with Crippen LogP contribution in [0.5, 0.6) is 11.5 Å². The molecule has 71 heavy (non-hydrogen) atoms. The third kappa shape index (κ3) is 10.5. The van der Waals surface area contributed by atoms with Crippen LogP contribution in [-0.4, -0.2) is 151 Å². The lowest BCUT2D eigenvalue weighted by Gasteiger charge is -2.43. The summed E-state index contributed by atoms with van der Waals surface area (Å²) in [4.78, 5) is 48.9. The average Bonchev–Trinajstić information content (AvgIpc) is 3.96. The van der Waals surface area contributed by atoms with E-state index in [-0.39, 0.29) is 23.8 Å². The molecule has 16 nitrogen and oxygen atoms in total. The number of carbonyl (C=O) groups is 3. The predicted octanol–water partition coefficient (Wildman–Crippen LogP) is 8.56. The van der Waals surface area contributed by atoms with Crippen molar-refractivity contribution in [3.63, 3.8) is 0 Å². The second-order valence-corrected chi connectivity index (χ2v) is 21.7. The van der Waals surface area contributed by atoms with Crippen molar-refractivity contribution in [1.29, 1.82) is 0 Å². The van der Waals surface area contributed by atoms with E-state index in [1.54, 1.807) is 16.0 Å². The van der Waals surface area contributed by atoms with E-state index in [1.807, 2.05) is 114 Å². The van der Waals surface area contributed by atoms with Gasteiger partial charge in [0.2, 0.25) is 0 Å². The van der Waals surface area contributed by atoms with Crippen LogP contribution in [0.3, 0.4) is 0 Å². The highest BCUT2D eigenvalue weighted by atomic mass is 35.5. The number of amides is 3. The van der Waals surface area contributed by atoms with Gasteiger partial charge in [0.05, 0.1) is 44.8 Å². The largest absolute Gasteiger partial charge is 0.478 e. The first-order chi connectivity index (χ1) is 33.8. The van der Waals surface area contributed by atoms with Crippen LogP contribution >= 0.6 is 23.2 Å². The van der Waals surface area contributed by atoms with E-state index in [0.717, 1.165) is 80.5 Å². The van der Waals surface area contributed by atoms with Crippen LogP contribution in [0.2, 0.25) is 10.0 Å². The molecule has 0 unspecified atom stereocenters. The summed E-state index contributed by atoms with van der Waals surface area (Å²) in [5.74, 6) is 1.84. The lowest BCUT2D eigenvalue weighted by molar-refractivity contribution is -0.127. The Hall–Kier alpha value is -5.91.